The van der Waals surface area contributed by atoms with Gasteiger partial charge in [-0.1, -0.05) is 36.4 Å². The second-order valence-electron chi connectivity index (χ2n) is 5.83. The molecule has 0 radical (unpaired) electrons. The summed E-state index contributed by atoms with van der Waals surface area (Å²) in [5.74, 6) is -0.330. The number of carbonyl (C=O) groups excluding carboxylic acids is 1. The zero-order valence-electron chi connectivity index (χ0n) is 14.2. The Morgan fingerprint density at radius 3 is 2.68 bits per heavy atom. The maximum absolute atomic E-state index is 11.5. The fourth-order valence-electron chi connectivity index (χ4n) is 2.73. The number of hydrogen-bond donors (Lipinski definition) is 3. The average molecular weight is 351 g/mol. The smallest absolute Gasteiger partial charge is 0.217 e. The Morgan fingerprint density at radius 1 is 1.36 bits per heavy atom. The molecule has 0 aromatic heterocycles. The van der Waals surface area contributed by atoms with Gasteiger partial charge in [0.15, 0.2) is 6.29 Å². The number of aliphatic hydroxyl groups excluding tert-OH is 2. The Bertz CT molecular complexity index is 552. The molecule has 7 heteroatoms. The predicted molar refractivity (Wildman–Crippen MR) is 90.5 cm³/mol. The molecule has 138 valence electrons. The van der Waals surface area contributed by atoms with Crippen molar-refractivity contribution in [1.82, 2.24) is 5.32 Å². The van der Waals surface area contributed by atoms with Gasteiger partial charge >= 0.3 is 0 Å². The van der Waals surface area contributed by atoms with Crippen LogP contribution in [0.15, 0.2) is 43.0 Å². The van der Waals surface area contributed by atoms with Crippen LogP contribution in [0.2, 0.25) is 0 Å². The van der Waals surface area contributed by atoms with Gasteiger partial charge in [-0.2, -0.15) is 0 Å². The third-order valence-electron chi connectivity index (χ3n) is 3.89. The van der Waals surface area contributed by atoms with Gasteiger partial charge in [0.2, 0.25) is 5.91 Å². The van der Waals surface area contributed by atoms with Gasteiger partial charge in [-0.15, -0.1) is 6.58 Å². The highest BCUT2D eigenvalue weighted by molar-refractivity contribution is 5.73. The monoisotopic (exact) mass is 351 g/mol. The third kappa shape index (κ3) is 5.35. The summed E-state index contributed by atoms with van der Waals surface area (Å²) in [6.45, 7) is 4.98. The van der Waals surface area contributed by atoms with E-state index in [0.717, 1.165) is 5.56 Å². The van der Waals surface area contributed by atoms with Crippen LogP contribution in [0.5, 0.6) is 0 Å². The summed E-state index contributed by atoms with van der Waals surface area (Å²) in [5, 5.41) is 22.9. The molecule has 2 rings (SSSR count). The lowest BCUT2D eigenvalue weighted by atomic mass is 9.96. The zero-order valence-corrected chi connectivity index (χ0v) is 14.2. The van der Waals surface area contributed by atoms with Gasteiger partial charge in [0.05, 0.1) is 19.8 Å². The summed E-state index contributed by atoms with van der Waals surface area (Å²) < 4.78 is 17.0. The summed E-state index contributed by atoms with van der Waals surface area (Å²) in [4.78, 5) is 11.5. The van der Waals surface area contributed by atoms with Crippen molar-refractivity contribution >= 4 is 5.91 Å². The quantitative estimate of drug-likeness (QED) is 0.585. The molecule has 7 nitrogen and oxygen atoms in total. The Balaban J connectivity index is 2.11. The summed E-state index contributed by atoms with van der Waals surface area (Å²) >= 11 is 0. The van der Waals surface area contributed by atoms with E-state index in [2.05, 4.69) is 11.9 Å². The van der Waals surface area contributed by atoms with Crippen LogP contribution < -0.4 is 5.32 Å². The maximum Gasteiger partial charge on any atom is 0.217 e. The molecule has 1 heterocycles. The van der Waals surface area contributed by atoms with E-state index in [1.807, 2.05) is 30.3 Å². The molecule has 1 saturated heterocycles. The van der Waals surface area contributed by atoms with Crippen LogP contribution >= 0.6 is 0 Å². The maximum atomic E-state index is 11.5. The van der Waals surface area contributed by atoms with Crippen molar-refractivity contribution in [2.24, 2.45) is 0 Å². The number of amides is 1. The van der Waals surface area contributed by atoms with E-state index in [9.17, 15) is 15.0 Å². The number of nitrogens with one attached hydrogen (secondary N) is 1. The fraction of sp³-hybridized carbons (Fsp3) is 0.500. The molecule has 1 aromatic carbocycles. The molecule has 25 heavy (non-hydrogen) atoms. The molecule has 5 atom stereocenters. The van der Waals surface area contributed by atoms with Gasteiger partial charge in [-0.3, -0.25) is 4.79 Å². The lowest BCUT2D eigenvalue weighted by Gasteiger charge is -2.43. The molecule has 1 aliphatic heterocycles. The Hall–Kier alpha value is -1.77. The molecule has 1 amide bonds. The fourth-order valence-corrected chi connectivity index (χ4v) is 2.73. The molecular formula is C18H25NO6. The first-order valence-electron chi connectivity index (χ1n) is 8.16. The molecule has 3 N–H and O–H groups in total. The highest BCUT2D eigenvalue weighted by Gasteiger charge is 2.46. The number of rotatable bonds is 8. The van der Waals surface area contributed by atoms with Gasteiger partial charge in [0.1, 0.15) is 24.4 Å². The lowest BCUT2D eigenvalue weighted by Crippen LogP contribution is -2.65. The summed E-state index contributed by atoms with van der Waals surface area (Å²) in [5.41, 5.74) is 0.924. The van der Waals surface area contributed by atoms with Gasteiger partial charge in [-0.05, 0) is 5.56 Å². The van der Waals surface area contributed by atoms with E-state index in [0.29, 0.717) is 0 Å². The number of hydrogen-bond acceptors (Lipinski definition) is 6. The highest BCUT2D eigenvalue weighted by Crippen LogP contribution is 2.25. The normalized spacial score (nSPS) is 29.2. The number of benzene rings is 1. The molecule has 1 aromatic rings. The van der Waals surface area contributed by atoms with E-state index < -0.39 is 30.6 Å². The van der Waals surface area contributed by atoms with Crippen LogP contribution in [-0.2, 0) is 25.6 Å². The van der Waals surface area contributed by atoms with Crippen LogP contribution in [0, 0.1) is 0 Å². The molecule has 0 aliphatic carbocycles. The lowest BCUT2D eigenvalue weighted by molar-refractivity contribution is -0.277. The molecular weight excluding hydrogens is 326 g/mol. The van der Waals surface area contributed by atoms with Crippen LogP contribution in [0.4, 0.5) is 0 Å². The van der Waals surface area contributed by atoms with Crippen LogP contribution in [0.25, 0.3) is 0 Å². The molecule has 1 fully saturated rings. The topological polar surface area (TPSA) is 97.2 Å². The third-order valence-corrected chi connectivity index (χ3v) is 3.89. The second-order valence-corrected chi connectivity index (χ2v) is 5.83. The summed E-state index contributed by atoms with van der Waals surface area (Å²) in [6, 6.07) is 8.63. The standard InChI is InChI=1S/C18H25NO6/c1-3-9-23-18-15(19-12(2)21)16(22)17(14(10-20)25-18)24-11-13-7-5-4-6-8-13/h3-8,14-18,20,22H,1,9-11H2,2H3,(H,19,21)/t14-,15-,16-,17-,18+/m1/s1. The first-order valence-corrected chi connectivity index (χ1v) is 8.16. The summed E-state index contributed by atoms with van der Waals surface area (Å²) in [6.07, 6.45) is -2.07. The van der Waals surface area contributed by atoms with Crippen molar-refractivity contribution in [2.45, 2.75) is 44.2 Å². The average Bonchev–Trinajstić information content (AvgIpc) is 2.61. The minimum absolute atomic E-state index is 0.182. The van der Waals surface area contributed by atoms with Crippen molar-refractivity contribution in [3.8, 4) is 0 Å². The van der Waals surface area contributed by atoms with Gasteiger partial charge in [0.25, 0.3) is 0 Å². The molecule has 0 unspecified atom stereocenters. The van der Waals surface area contributed by atoms with Crippen molar-refractivity contribution in [1.29, 1.82) is 0 Å². The van der Waals surface area contributed by atoms with Gasteiger partial charge in [-0.25, -0.2) is 0 Å². The largest absolute Gasteiger partial charge is 0.394 e. The Labute approximate surface area is 147 Å². The van der Waals surface area contributed by atoms with E-state index in [4.69, 9.17) is 14.2 Å². The Kier molecular flexibility index (Phi) is 7.54. The molecule has 1 aliphatic rings. The van der Waals surface area contributed by atoms with Gasteiger partial charge < -0.3 is 29.7 Å². The number of ether oxygens (including phenoxy) is 3. The van der Waals surface area contributed by atoms with Crippen molar-refractivity contribution in [3.63, 3.8) is 0 Å². The second kappa shape index (κ2) is 9.65. The molecule has 0 spiro atoms. The number of carbonyl (C=O) groups is 1. The van der Waals surface area contributed by atoms with Crippen molar-refractivity contribution < 1.29 is 29.2 Å². The minimum atomic E-state index is -1.10. The van der Waals surface area contributed by atoms with Crippen LogP contribution in [0.1, 0.15) is 12.5 Å². The van der Waals surface area contributed by atoms with Gasteiger partial charge in [0, 0.05) is 6.92 Å². The van der Waals surface area contributed by atoms with Crippen molar-refractivity contribution in [3.05, 3.63) is 48.6 Å². The first-order chi connectivity index (χ1) is 12.1. The Morgan fingerprint density at radius 2 is 2.08 bits per heavy atom. The van der Waals surface area contributed by atoms with Crippen LogP contribution in [0.3, 0.4) is 0 Å². The first kappa shape index (κ1) is 19.6. The van der Waals surface area contributed by atoms with Crippen molar-refractivity contribution in [2.75, 3.05) is 13.2 Å². The van der Waals surface area contributed by atoms with E-state index >= 15 is 0 Å². The zero-order chi connectivity index (χ0) is 18.2. The predicted octanol–water partition coefficient (Wildman–Crippen LogP) is 0.357. The van der Waals surface area contributed by atoms with E-state index in [1.54, 1.807) is 0 Å². The summed E-state index contributed by atoms with van der Waals surface area (Å²) in [7, 11) is 0. The SMILES string of the molecule is C=CCO[C@H]1O[C@H](CO)[C@@H](OCc2ccccc2)[C@H](O)[C@H]1NC(C)=O. The highest BCUT2D eigenvalue weighted by atomic mass is 16.7. The van der Waals surface area contributed by atoms with Crippen LogP contribution in [-0.4, -0.2) is 60.0 Å². The minimum Gasteiger partial charge on any atom is -0.394 e. The van der Waals surface area contributed by atoms with E-state index in [1.165, 1.54) is 13.0 Å². The molecule has 0 saturated carbocycles. The number of aliphatic hydroxyl groups is 2. The molecule has 0 bridgehead atoms. The van der Waals surface area contributed by atoms with E-state index in [-0.39, 0.29) is 25.7 Å².